The normalized spacial score (nSPS) is 11.5. The SMILES string of the molecule is C#CC(C)CC#CC(C)C. The fraction of sp³-hybridized carbons (Fsp3) is 0.600. The molecule has 0 aliphatic carbocycles. The molecule has 54 valence electrons. The third kappa shape index (κ3) is 5.26. The van der Waals surface area contributed by atoms with Crippen LogP contribution in [0, 0.1) is 36.0 Å². The van der Waals surface area contributed by atoms with Gasteiger partial charge in [-0.3, -0.25) is 0 Å². The van der Waals surface area contributed by atoms with Crippen LogP contribution in [-0.2, 0) is 0 Å². The fourth-order valence-corrected chi connectivity index (χ4v) is 0.475. The van der Waals surface area contributed by atoms with Gasteiger partial charge in [-0.05, 0) is 0 Å². The summed E-state index contributed by atoms with van der Waals surface area (Å²) in [4.78, 5) is 0. The lowest BCUT2D eigenvalue weighted by Gasteiger charge is -1.93. The molecular formula is C10H14. The second-order valence-electron chi connectivity index (χ2n) is 2.75. The Morgan fingerprint density at radius 3 is 2.30 bits per heavy atom. The van der Waals surface area contributed by atoms with Crippen LogP contribution in [0.4, 0.5) is 0 Å². The van der Waals surface area contributed by atoms with Gasteiger partial charge in [0, 0.05) is 18.3 Å². The molecule has 1 unspecified atom stereocenters. The van der Waals surface area contributed by atoms with Crippen molar-refractivity contribution in [2.75, 3.05) is 0 Å². The van der Waals surface area contributed by atoms with E-state index in [0.717, 1.165) is 6.42 Å². The third-order valence-electron chi connectivity index (χ3n) is 1.08. The van der Waals surface area contributed by atoms with Crippen molar-refractivity contribution < 1.29 is 0 Å². The average molecular weight is 134 g/mol. The van der Waals surface area contributed by atoms with E-state index in [1.807, 2.05) is 6.92 Å². The first kappa shape index (κ1) is 9.12. The third-order valence-corrected chi connectivity index (χ3v) is 1.08. The van der Waals surface area contributed by atoms with E-state index >= 15 is 0 Å². The lowest BCUT2D eigenvalue weighted by molar-refractivity contribution is 0.784. The van der Waals surface area contributed by atoms with Crippen molar-refractivity contribution in [1.82, 2.24) is 0 Å². The number of hydrogen-bond acceptors (Lipinski definition) is 0. The smallest absolute Gasteiger partial charge is 0.0281 e. The van der Waals surface area contributed by atoms with Gasteiger partial charge < -0.3 is 0 Å². The van der Waals surface area contributed by atoms with Crippen LogP contribution in [-0.4, -0.2) is 0 Å². The molecule has 0 fully saturated rings. The molecule has 0 heteroatoms. The molecule has 0 N–H and O–H groups in total. The molecular weight excluding hydrogens is 120 g/mol. The summed E-state index contributed by atoms with van der Waals surface area (Å²) in [7, 11) is 0. The Hall–Kier alpha value is -0.880. The predicted octanol–water partition coefficient (Wildman–Crippen LogP) is 2.31. The predicted molar refractivity (Wildman–Crippen MR) is 45.2 cm³/mol. The van der Waals surface area contributed by atoms with Crippen LogP contribution in [0.1, 0.15) is 27.2 Å². The summed E-state index contributed by atoms with van der Waals surface area (Å²) < 4.78 is 0. The van der Waals surface area contributed by atoms with Gasteiger partial charge in [-0.15, -0.1) is 24.2 Å². The van der Waals surface area contributed by atoms with Crippen molar-refractivity contribution in [3.05, 3.63) is 0 Å². The van der Waals surface area contributed by atoms with Crippen molar-refractivity contribution in [3.63, 3.8) is 0 Å². The summed E-state index contributed by atoms with van der Waals surface area (Å²) in [5.41, 5.74) is 0. The molecule has 0 aromatic rings. The van der Waals surface area contributed by atoms with Gasteiger partial charge in [0.25, 0.3) is 0 Å². The maximum absolute atomic E-state index is 5.17. The Morgan fingerprint density at radius 2 is 1.90 bits per heavy atom. The van der Waals surface area contributed by atoms with E-state index in [0.29, 0.717) is 11.8 Å². The van der Waals surface area contributed by atoms with Gasteiger partial charge in [0.05, 0.1) is 0 Å². The first-order valence-electron chi connectivity index (χ1n) is 3.61. The lowest BCUT2D eigenvalue weighted by atomic mass is 10.1. The van der Waals surface area contributed by atoms with E-state index < -0.39 is 0 Å². The molecule has 0 aromatic heterocycles. The van der Waals surface area contributed by atoms with Gasteiger partial charge >= 0.3 is 0 Å². The highest BCUT2D eigenvalue weighted by Gasteiger charge is 1.90. The van der Waals surface area contributed by atoms with Crippen LogP contribution in [0.2, 0.25) is 0 Å². The summed E-state index contributed by atoms with van der Waals surface area (Å²) in [5, 5.41) is 0. The van der Waals surface area contributed by atoms with Gasteiger partial charge in [-0.25, -0.2) is 0 Å². The Bertz CT molecular complexity index is 170. The highest BCUT2D eigenvalue weighted by atomic mass is 13.9. The standard InChI is InChI=1S/C10H14/c1-5-10(4)8-6-7-9(2)3/h1,9-10H,8H2,2-4H3. The van der Waals surface area contributed by atoms with E-state index in [2.05, 4.69) is 31.6 Å². The Labute approximate surface area is 64.0 Å². The van der Waals surface area contributed by atoms with Gasteiger partial charge in [-0.1, -0.05) is 20.8 Å². The van der Waals surface area contributed by atoms with Crippen LogP contribution < -0.4 is 0 Å². The lowest BCUT2D eigenvalue weighted by Crippen LogP contribution is -1.86. The first-order valence-corrected chi connectivity index (χ1v) is 3.61. The molecule has 10 heavy (non-hydrogen) atoms. The minimum Gasteiger partial charge on any atom is -0.120 e. The molecule has 0 radical (unpaired) electrons. The summed E-state index contributed by atoms with van der Waals surface area (Å²) >= 11 is 0. The largest absolute Gasteiger partial charge is 0.120 e. The number of terminal acetylenes is 1. The monoisotopic (exact) mass is 134 g/mol. The maximum Gasteiger partial charge on any atom is 0.0281 e. The molecule has 0 amide bonds. The zero-order valence-corrected chi connectivity index (χ0v) is 6.94. The van der Waals surface area contributed by atoms with Crippen LogP contribution in [0.3, 0.4) is 0 Å². The summed E-state index contributed by atoms with van der Waals surface area (Å²) in [5.74, 6) is 9.50. The van der Waals surface area contributed by atoms with E-state index in [-0.39, 0.29) is 0 Å². The van der Waals surface area contributed by atoms with Crippen molar-refractivity contribution in [2.45, 2.75) is 27.2 Å². The molecule has 0 aromatic carbocycles. The van der Waals surface area contributed by atoms with Crippen molar-refractivity contribution in [1.29, 1.82) is 0 Å². The van der Waals surface area contributed by atoms with E-state index in [1.54, 1.807) is 0 Å². The van der Waals surface area contributed by atoms with Crippen LogP contribution in [0.25, 0.3) is 0 Å². The van der Waals surface area contributed by atoms with Gasteiger partial charge in [0.2, 0.25) is 0 Å². The van der Waals surface area contributed by atoms with Crippen molar-refractivity contribution in [2.24, 2.45) is 11.8 Å². The van der Waals surface area contributed by atoms with Crippen molar-refractivity contribution >= 4 is 0 Å². The zero-order valence-electron chi connectivity index (χ0n) is 6.94. The van der Waals surface area contributed by atoms with Crippen LogP contribution >= 0.6 is 0 Å². The van der Waals surface area contributed by atoms with Gasteiger partial charge in [0.15, 0.2) is 0 Å². The summed E-state index contributed by atoms with van der Waals surface area (Å²) in [6.07, 6.45) is 6.00. The zero-order chi connectivity index (χ0) is 7.98. The van der Waals surface area contributed by atoms with Crippen molar-refractivity contribution in [3.8, 4) is 24.2 Å². The number of rotatable bonds is 1. The molecule has 0 spiro atoms. The molecule has 0 saturated heterocycles. The minimum atomic E-state index is 0.297. The molecule has 0 heterocycles. The summed E-state index contributed by atoms with van der Waals surface area (Å²) in [6.45, 7) is 6.16. The topological polar surface area (TPSA) is 0 Å². The highest BCUT2D eigenvalue weighted by molar-refractivity contribution is 5.05. The molecule has 0 aliphatic heterocycles. The quantitative estimate of drug-likeness (QED) is 0.483. The van der Waals surface area contributed by atoms with E-state index in [4.69, 9.17) is 6.42 Å². The Kier molecular flexibility index (Phi) is 4.51. The highest BCUT2D eigenvalue weighted by Crippen LogP contribution is 1.97. The molecule has 0 bridgehead atoms. The second kappa shape index (κ2) is 4.95. The van der Waals surface area contributed by atoms with Gasteiger partial charge in [0.1, 0.15) is 0 Å². The van der Waals surface area contributed by atoms with Gasteiger partial charge in [-0.2, -0.15) is 0 Å². The number of hydrogen-bond donors (Lipinski definition) is 0. The molecule has 1 atom stereocenters. The Morgan fingerprint density at radius 1 is 1.30 bits per heavy atom. The molecule has 0 saturated carbocycles. The molecule has 0 rings (SSSR count). The fourth-order valence-electron chi connectivity index (χ4n) is 0.475. The minimum absolute atomic E-state index is 0.297. The molecule has 0 aliphatic rings. The van der Waals surface area contributed by atoms with Crippen LogP contribution in [0.5, 0.6) is 0 Å². The average Bonchev–Trinajstić information content (AvgIpc) is 1.87. The maximum atomic E-state index is 5.17. The summed E-state index contributed by atoms with van der Waals surface area (Å²) in [6, 6.07) is 0. The van der Waals surface area contributed by atoms with Crippen LogP contribution in [0.15, 0.2) is 0 Å². The first-order chi connectivity index (χ1) is 4.66. The van der Waals surface area contributed by atoms with E-state index in [9.17, 15) is 0 Å². The van der Waals surface area contributed by atoms with E-state index in [1.165, 1.54) is 0 Å². The molecule has 0 nitrogen and oxygen atoms in total. The second-order valence-corrected chi connectivity index (χ2v) is 2.75. The Balaban J connectivity index is 3.58.